The maximum atomic E-state index is 15.1. The molecule has 2 fully saturated rings. The number of hydrogen-bond acceptors (Lipinski definition) is 6. The fourth-order valence-corrected chi connectivity index (χ4v) is 6.64. The number of nitrogens with two attached hydrogens (primary N) is 1. The normalized spacial score (nSPS) is 18.6. The van der Waals surface area contributed by atoms with Gasteiger partial charge >= 0.3 is 6.09 Å². The van der Waals surface area contributed by atoms with Crippen LogP contribution in [0.25, 0.3) is 11.3 Å². The lowest BCUT2D eigenvalue weighted by atomic mass is 9.84. The first-order valence-electron chi connectivity index (χ1n) is 16.2. The van der Waals surface area contributed by atoms with Crippen molar-refractivity contribution in [3.63, 3.8) is 0 Å². The molecule has 2 heterocycles. The number of amides is 1. The third-order valence-corrected chi connectivity index (χ3v) is 8.91. The van der Waals surface area contributed by atoms with E-state index in [1.165, 1.54) is 37.0 Å². The van der Waals surface area contributed by atoms with Gasteiger partial charge in [0.15, 0.2) is 0 Å². The van der Waals surface area contributed by atoms with Crippen molar-refractivity contribution in [1.29, 1.82) is 0 Å². The molecule has 1 aliphatic carbocycles. The second-order valence-electron chi connectivity index (χ2n) is 13.3. The standard InChI is InChI=1S/C35H49FN6O2/c1-35(2,3)32(33-38-31(28-15-9-5-10-16-28)26-40(33)24-27-13-7-4-8-14-27)42(25-29(36)23-37)34(43)44-41-21-19-39(20-22-41)30-17-11-6-12-18-30/h4-5,7-10,13-16,26,29-30,32H,6,11-12,17-25,37H2,1-3H3/t29?,32-/m0/s1. The van der Waals surface area contributed by atoms with Crippen molar-refractivity contribution < 1.29 is 14.0 Å². The van der Waals surface area contributed by atoms with Crippen LogP contribution in [0.2, 0.25) is 0 Å². The minimum Gasteiger partial charge on any atom is -0.351 e. The molecule has 238 valence electrons. The van der Waals surface area contributed by atoms with Crippen LogP contribution in [-0.4, -0.2) is 82.0 Å². The lowest BCUT2D eigenvalue weighted by Crippen LogP contribution is -2.53. The number of carbonyl (C=O) groups excluding carboxylic acids is 1. The lowest BCUT2D eigenvalue weighted by Gasteiger charge is -2.42. The van der Waals surface area contributed by atoms with Gasteiger partial charge in [-0.15, -0.1) is 5.06 Å². The van der Waals surface area contributed by atoms with Crippen molar-refractivity contribution in [2.24, 2.45) is 11.1 Å². The number of rotatable bonds is 10. The highest BCUT2D eigenvalue weighted by Crippen LogP contribution is 2.40. The Labute approximate surface area is 261 Å². The Kier molecular flexibility index (Phi) is 10.7. The summed E-state index contributed by atoms with van der Waals surface area (Å²) in [6.07, 6.45) is 6.47. The largest absolute Gasteiger partial charge is 0.429 e. The quantitative estimate of drug-likeness (QED) is 0.293. The molecule has 8 nitrogen and oxygen atoms in total. The Bertz CT molecular complexity index is 1310. The average molecular weight is 605 g/mol. The smallest absolute Gasteiger partial charge is 0.351 e. The molecule has 5 rings (SSSR count). The van der Waals surface area contributed by atoms with Gasteiger partial charge in [0.1, 0.15) is 12.0 Å². The lowest BCUT2D eigenvalue weighted by molar-refractivity contribution is -0.144. The first kappa shape index (κ1) is 32.1. The Morgan fingerprint density at radius 2 is 1.64 bits per heavy atom. The summed E-state index contributed by atoms with van der Waals surface area (Å²) in [4.78, 5) is 29.3. The molecule has 2 aromatic carbocycles. The summed E-state index contributed by atoms with van der Waals surface area (Å²) in [6, 6.07) is 20.2. The predicted molar refractivity (Wildman–Crippen MR) is 173 cm³/mol. The maximum absolute atomic E-state index is 15.1. The van der Waals surface area contributed by atoms with Crippen LogP contribution in [-0.2, 0) is 11.4 Å². The first-order chi connectivity index (χ1) is 21.2. The van der Waals surface area contributed by atoms with Crippen molar-refractivity contribution in [3.05, 3.63) is 78.2 Å². The minimum absolute atomic E-state index is 0.182. The Balaban J connectivity index is 1.44. The summed E-state index contributed by atoms with van der Waals surface area (Å²) < 4.78 is 17.2. The van der Waals surface area contributed by atoms with Gasteiger partial charge in [-0.3, -0.25) is 9.80 Å². The van der Waals surface area contributed by atoms with Gasteiger partial charge in [0.05, 0.1) is 18.3 Å². The highest BCUT2D eigenvalue weighted by atomic mass is 19.1. The number of benzene rings is 2. The van der Waals surface area contributed by atoms with E-state index in [1.807, 2.05) is 54.7 Å². The number of nitrogens with zero attached hydrogens (tertiary/aromatic N) is 5. The van der Waals surface area contributed by atoms with Gasteiger partial charge < -0.3 is 15.1 Å². The molecule has 0 bridgehead atoms. The highest BCUT2D eigenvalue weighted by Gasteiger charge is 2.41. The van der Waals surface area contributed by atoms with E-state index >= 15 is 4.39 Å². The average Bonchev–Trinajstić information content (AvgIpc) is 3.44. The van der Waals surface area contributed by atoms with E-state index in [-0.39, 0.29) is 13.1 Å². The molecule has 1 saturated carbocycles. The number of piperazine rings is 1. The molecule has 9 heteroatoms. The Morgan fingerprint density at radius 3 is 2.25 bits per heavy atom. The molecular weight excluding hydrogens is 555 g/mol. The van der Waals surface area contributed by atoms with E-state index in [2.05, 4.69) is 42.4 Å². The molecular formula is C35H49FN6O2. The molecule has 1 aromatic heterocycles. The number of imidazole rings is 1. The summed E-state index contributed by atoms with van der Waals surface area (Å²) >= 11 is 0. The van der Waals surface area contributed by atoms with Gasteiger partial charge in [0.25, 0.3) is 0 Å². The molecule has 1 unspecified atom stereocenters. The monoisotopic (exact) mass is 604 g/mol. The van der Waals surface area contributed by atoms with E-state index in [4.69, 9.17) is 15.6 Å². The van der Waals surface area contributed by atoms with E-state index in [0.29, 0.717) is 31.5 Å². The molecule has 3 aromatic rings. The van der Waals surface area contributed by atoms with Crippen molar-refractivity contribution in [2.75, 3.05) is 39.3 Å². The zero-order valence-electron chi connectivity index (χ0n) is 26.6. The molecule has 1 amide bonds. The second kappa shape index (κ2) is 14.7. The van der Waals surface area contributed by atoms with Gasteiger partial charge in [0, 0.05) is 57.1 Å². The van der Waals surface area contributed by atoms with Gasteiger partial charge in [-0.05, 0) is 23.8 Å². The summed E-state index contributed by atoms with van der Waals surface area (Å²) in [7, 11) is 0. The SMILES string of the molecule is CC(C)(C)[C@H](c1nc(-c2ccccc2)cn1Cc1ccccc1)N(CC(F)CN)C(=O)ON1CCN(C2CCCCC2)CC1. The van der Waals surface area contributed by atoms with E-state index in [9.17, 15) is 4.79 Å². The zero-order valence-corrected chi connectivity index (χ0v) is 26.6. The number of aromatic nitrogens is 2. The molecule has 0 spiro atoms. The molecule has 1 saturated heterocycles. The number of hydroxylamine groups is 2. The number of carbonyl (C=O) groups is 1. The van der Waals surface area contributed by atoms with Crippen LogP contribution in [0, 0.1) is 5.41 Å². The molecule has 2 aliphatic rings. The summed E-state index contributed by atoms with van der Waals surface area (Å²) in [5.41, 5.74) is 8.14. The zero-order chi connectivity index (χ0) is 31.1. The molecule has 2 atom stereocenters. The Hall–Kier alpha value is -3.27. The van der Waals surface area contributed by atoms with Gasteiger partial charge in [-0.2, -0.15) is 0 Å². The molecule has 2 N–H and O–H groups in total. The predicted octanol–water partition coefficient (Wildman–Crippen LogP) is 6.29. The van der Waals surface area contributed by atoms with E-state index in [1.54, 1.807) is 5.06 Å². The van der Waals surface area contributed by atoms with Crippen LogP contribution in [0.1, 0.15) is 70.3 Å². The summed E-state index contributed by atoms with van der Waals surface area (Å²) in [5, 5.41) is 1.75. The fraction of sp³-hybridized carbons (Fsp3) is 0.543. The van der Waals surface area contributed by atoms with Crippen LogP contribution in [0.15, 0.2) is 66.9 Å². The third kappa shape index (κ3) is 8.06. The van der Waals surface area contributed by atoms with Gasteiger partial charge in [-0.1, -0.05) is 101 Å². The van der Waals surface area contributed by atoms with Crippen molar-refractivity contribution in [3.8, 4) is 11.3 Å². The van der Waals surface area contributed by atoms with E-state index < -0.39 is 23.7 Å². The highest BCUT2D eigenvalue weighted by molar-refractivity contribution is 5.68. The van der Waals surface area contributed by atoms with Gasteiger partial charge in [0.2, 0.25) is 0 Å². The van der Waals surface area contributed by atoms with E-state index in [0.717, 1.165) is 29.9 Å². The van der Waals surface area contributed by atoms with Crippen molar-refractivity contribution in [2.45, 2.75) is 77.7 Å². The molecule has 1 aliphatic heterocycles. The molecule has 44 heavy (non-hydrogen) atoms. The summed E-state index contributed by atoms with van der Waals surface area (Å²) in [5.74, 6) is 0.684. The summed E-state index contributed by atoms with van der Waals surface area (Å²) in [6.45, 7) is 9.34. The number of halogens is 1. The fourth-order valence-electron chi connectivity index (χ4n) is 6.64. The van der Waals surface area contributed by atoms with Crippen molar-refractivity contribution in [1.82, 2.24) is 24.4 Å². The van der Waals surface area contributed by atoms with Crippen LogP contribution in [0.3, 0.4) is 0 Å². The van der Waals surface area contributed by atoms with Crippen LogP contribution >= 0.6 is 0 Å². The second-order valence-corrected chi connectivity index (χ2v) is 13.3. The molecule has 0 radical (unpaired) electrons. The number of hydrogen-bond donors (Lipinski definition) is 1. The topological polar surface area (TPSA) is 79.9 Å². The third-order valence-electron chi connectivity index (χ3n) is 8.91. The van der Waals surface area contributed by atoms with Crippen molar-refractivity contribution >= 4 is 6.09 Å². The Morgan fingerprint density at radius 1 is 1.00 bits per heavy atom. The first-order valence-corrected chi connectivity index (χ1v) is 16.2. The van der Waals surface area contributed by atoms with Gasteiger partial charge in [-0.25, -0.2) is 14.2 Å². The number of alkyl halides is 1. The minimum atomic E-state index is -1.40. The van der Waals surface area contributed by atoms with Crippen LogP contribution in [0.5, 0.6) is 0 Å². The van der Waals surface area contributed by atoms with Crippen LogP contribution < -0.4 is 5.73 Å². The maximum Gasteiger partial charge on any atom is 0.429 e. The van der Waals surface area contributed by atoms with Crippen LogP contribution in [0.4, 0.5) is 9.18 Å².